The van der Waals surface area contributed by atoms with Crippen LogP contribution in [-0.2, 0) is 0 Å². The first-order valence-corrected chi connectivity index (χ1v) is 6.07. The molecule has 1 aromatic rings. The number of nitrogens with one attached hydrogen (secondary N) is 1. The van der Waals surface area contributed by atoms with Gasteiger partial charge in [0.2, 0.25) is 0 Å². The Balaban J connectivity index is 2.95. The number of hydrazone groups is 1. The predicted octanol–water partition coefficient (Wildman–Crippen LogP) is 0.831. The number of urea groups is 1. The zero-order valence-corrected chi connectivity index (χ0v) is 11.8. The second-order valence-electron chi connectivity index (χ2n) is 3.33. The number of nitrogens with two attached hydrogens (primary N) is 1. The van der Waals surface area contributed by atoms with E-state index in [4.69, 9.17) is 20.3 Å². The summed E-state index contributed by atoms with van der Waals surface area (Å²) in [5.74, 6) is 0.973. The van der Waals surface area contributed by atoms with Gasteiger partial charge in [0.25, 0.3) is 0 Å². The number of aliphatic hydroxyl groups is 1. The highest BCUT2D eigenvalue weighted by Gasteiger charge is 2.09. The standard InChI is InChI=1S/C11H14BrN3O4/c1-18-9-4-7(6-14-15-11(13)17)8(12)5-10(9)19-3-2-16/h4-6,16H,2-3H2,1H3,(H3,13,15,17). The number of rotatable bonds is 6. The minimum Gasteiger partial charge on any atom is -0.493 e. The van der Waals surface area contributed by atoms with E-state index < -0.39 is 6.03 Å². The maximum atomic E-state index is 10.5. The highest BCUT2D eigenvalue weighted by molar-refractivity contribution is 9.10. The van der Waals surface area contributed by atoms with E-state index in [9.17, 15) is 4.79 Å². The molecule has 0 radical (unpaired) electrons. The van der Waals surface area contributed by atoms with Gasteiger partial charge < -0.3 is 20.3 Å². The molecule has 2 amide bonds. The number of aliphatic hydroxyl groups excluding tert-OH is 1. The van der Waals surface area contributed by atoms with Gasteiger partial charge in [-0.25, -0.2) is 10.2 Å². The van der Waals surface area contributed by atoms with Gasteiger partial charge in [0.05, 0.1) is 19.9 Å². The minimum atomic E-state index is -0.748. The fourth-order valence-corrected chi connectivity index (χ4v) is 1.67. The average Bonchev–Trinajstić information content (AvgIpc) is 2.38. The summed E-state index contributed by atoms with van der Waals surface area (Å²) in [4.78, 5) is 10.5. The van der Waals surface area contributed by atoms with Gasteiger partial charge >= 0.3 is 6.03 Å². The third kappa shape index (κ3) is 4.76. The van der Waals surface area contributed by atoms with E-state index in [0.29, 0.717) is 21.5 Å². The van der Waals surface area contributed by atoms with Crippen LogP contribution in [0.4, 0.5) is 4.79 Å². The zero-order chi connectivity index (χ0) is 14.3. The quantitative estimate of drug-likeness (QED) is 0.530. The van der Waals surface area contributed by atoms with Crippen LogP contribution in [0.1, 0.15) is 5.56 Å². The average molecular weight is 332 g/mol. The molecule has 0 aliphatic rings. The number of amides is 2. The Hall–Kier alpha value is -1.80. The number of nitrogens with zero attached hydrogens (tertiary/aromatic N) is 1. The van der Waals surface area contributed by atoms with E-state index in [1.165, 1.54) is 13.3 Å². The Morgan fingerprint density at radius 3 is 2.89 bits per heavy atom. The molecule has 0 fully saturated rings. The number of primary amides is 1. The maximum Gasteiger partial charge on any atom is 0.332 e. The third-order valence-electron chi connectivity index (χ3n) is 2.01. The van der Waals surface area contributed by atoms with Crippen molar-refractivity contribution in [3.63, 3.8) is 0 Å². The first kappa shape index (κ1) is 15.3. The molecule has 7 nitrogen and oxygen atoms in total. The fourth-order valence-electron chi connectivity index (χ4n) is 1.24. The predicted molar refractivity (Wildman–Crippen MR) is 73.6 cm³/mol. The van der Waals surface area contributed by atoms with Crippen LogP contribution in [0.15, 0.2) is 21.7 Å². The van der Waals surface area contributed by atoms with Crippen LogP contribution in [0.2, 0.25) is 0 Å². The van der Waals surface area contributed by atoms with E-state index in [-0.39, 0.29) is 13.2 Å². The van der Waals surface area contributed by atoms with Gasteiger partial charge in [0.1, 0.15) is 6.61 Å². The van der Waals surface area contributed by atoms with Gasteiger partial charge in [-0.2, -0.15) is 5.10 Å². The Labute approximate surface area is 118 Å². The van der Waals surface area contributed by atoms with Crippen molar-refractivity contribution in [3.05, 3.63) is 22.2 Å². The van der Waals surface area contributed by atoms with Crippen molar-refractivity contribution < 1.29 is 19.4 Å². The summed E-state index contributed by atoms with van der Waals surface area (Å²) in [5, 5.41) is 12.4. The van der Waals surface area contributed by atoms with E-state index >= 15 is 0 Å². The molecule has 0 atom stereocenters. The van der Waals surface area contributed by atoms with Crippen molar-refractivity contribution in [2.75, 3.05) is 20.3 Å². The minimum absolute atomic E-state index is 0.0908. The van der Waals surface area contributed by atoms with Crippen molar-refractivity contribution in [2.45, 2.75) is 0 Å². The lowest BCUT2D eigenvalue weighted by Gasteiger charge is -2.11. The van der Waals surface area contributed by atoms with E-state index in [1.54, 1.807) is 12.1 Å². The first-order chi connectivity index (χ1) is 9.08. The molecule has 0 bridgehead atoms. The molecule has 0 aromatic heterocycles. The van der Waals surface area contributed by atoms with Gasteiger partial charge in [-0.1, -0.05) is 0 Å². The molecule has 0 unspecified atom stereocenters. The zero-order valence-electron chi connectivity index (χ0n) is 10.2. The molecule has 4 N–H and O–H groups in total. The van der Waals surface area contributed by atoms with Crippen molar-refractivity contribution in [2.24, 2.45) is 10.8 Å². The number of halogens is 1. The van der Waals surface area contributed by atoms with Crippen molar-refractivity contribution >= 4 is 28.2 Å². The van der Waals surface area contributed by atoms with Crippen molar-refractivity contribution in [3.8, 4) is 11.5 Å². The largest absolute Gasteiger partial charge is 0.493 e. The highest BCUT2D eigenvalue weighted by Crippen LogP contribution is 2.32. The van der Waals surface area contributed by atoms with Crippen LogP contribution in [-0.4, -0.2) is 37.7 Å². The number of carbonyl (C=O) groups is 1. The smallest absolute Gasteiger partial charge is 0.332 e. The summed E-state index contributed by atoms with van der Waals surface area (Å²) >= 11 is 3.34. The molecular weight excluding hydrogens is 318 g/mol. The van der Waals surface area contributed by atoms with Crippen molar-refractivity contribution in [1.29, 1.82) is 0 Å². The van der Waals surface area contributed by atoms with Crippen LogP contribution in [0.25, 0.3) is 0 Å². The molecular formula is C11H14BrN3O4. The summed E-state index contributed by atoms with van der Waals surface area (Å²) in [5.41, 5.74) is 7.64. The lowest BCUT2D eigenvalue weighted by atomic mass is 10.2. The number of carbonyl (C=O) groups excluding carboxylic acids is 1. The van der Waals surface area contributed by atoms with Crippen LogP contribution < -0.4 is 20.6 Å². The van der Waals surface area contributed by atoms with Crippen molar-refractivity contribution in [1.82, 2.24) is 5.43 Å². The molecule has 8 heteroatoms. The summed E-state index contributed by atoms with van der Waals surface area (Å²) < 4.78 is 11.2. The normalized spacial score (nSPS) is 10.5. The molecule has 0 aliphatic heterocycles. The van der Waals surface area contributed by atoms with Crippen LogP contribution in [0.3, 0.4) is 0 Å². The van der Waals surface area contributed by atoms with E-state index in [0.717, 1.165) is 0 Å². The summed E-state index contributed by atoms with van der Waals surface area (Å²) in [6.07, 6.45) is 1.41. The maximum absolute atomic E-state index is 10.5. The lowest BCUT2D eigenvalue weighted by Crippen LogP contribution is -2.24. The molecule has 0 heterocycles. The fraction of sp³-hybridized carbons (Fsp3) is 0.273. The second-order valence-corrected chi connectivity index (χ2v) is 4.19. The Bertz CT molecular complexity index is 479. The number of methoxy groups -OCH3 is 1. The topological polar surface area (TPSA) is 106 Å². The molecule has 0 saturated carbocycles. The monoisotopic (exact) mass is 331 g/mol. The molecule has 0 aliphatic carbocycles. The molecule has 1 aromatic carbocycles. The summed E-state index contributed by atoms with van der Waals surface area (Å²) in [6.45, 7) is 0.0754. The molecule has 0 spiro atoms. The molecule has 1 rings (SSSR count). The Morgan fingerprint density at radius 2 is 2.32 bits per heavy atom. The third-order valence-corrected chi connectivity index (χ3v) is 2.70. The van der Waals surface area contributed by atoms with Crippen LogP contribution in [0, 0.1) is 0 Å². The number of benzene rings is 1. The van der Waals surface area contributed by atoms with Crippen LogP contribution >= 0.6 is 15.9 Å². The van der Waals surface area contributed by atoms with E-state index in [1.807, 2.05) is 0 Å². The SMILES string of the molecule is COc1cc(C=NNC(N)=O)c(Br)cc1OCCO. The number of hydrogen-bond donors (Lipinski definition) is 3. The van der Waals surface area contributed by atoms with Crippen LogP contribution in [0.5, 0.6) is 11.5 Å². The second kappa shape index (κ2) is 7.59. The Kier molecular flexibility index (Phi) is 6.10. The van der Waals surface area contributed by atoms with Gasteiger partial charge in [0.15, 0.2) is 11.5 Å². The molecule has 19 heavy (non-hydrogen) atoms. The Morgan fingerprint density at radius 1 is 1.58 bits per heavy atom. The van der Waals surface area contributed by atoms with E-state index in [2.05, 4.69) is 26.5 Å². The van der Waals surface area contributed by atoms with Gasteiger partial charge in [-0.3, -0.25) is 0 Å². The number of hydrogen-bond acceptors (Lipinski definition) is 5. The first-order valence-electron chi connectivity index (χ1n) is 5.28. The summed E-state index contributed by atoms with van der Waals surface area (Å²) in [7, 11) is 1.50. The highest BCUT2D eigenvalue weighted by atomic mass is 79.9. The lowest BCUT2D eigenvalue weighted by molar-refractivity contribution is 0.196. The van der Waals surface area contributed by atoms with Gasteiger partial charge in [-0.15, -0.1) is 0 Å². The molecule has 0 saturated heterocycles. The van der Waals surface area contributed by atoms with Gasteiger partial charge in [-0.05, 0) is 28.1 Å². The summed E-state index contributed by atoms with van der Waals surface area (Å²) in [6, 6.07) is 2.60. The number of ether oxygens (including phenoxy) is 2. The van der Waals surface area contributed by atoms with Gasteiger partial charge in [0, 0.05) is 10.0 Å². The molecule has 104 valence electrons.